The number of H-pyrrole nitrogens is 1. The zero-order valence-corrected chi connectivity index (χ0v) is 26.8. The molecule has 0 radical (unpaired) electrons. The lowest BCUT2D eigenvalue weighted by molar-refractivity contribution is -0.556. The molecule has 0 bridgehead atoms. The lowest BCUT2D eigenvalue weighted by Gasteiger charge is -2.20. The quantitative estimate of drug-likeness (QED) is 0.189. The van der Waals surface area contributed by atoms with Gasteiger partial charge in [-0.05, 0) is 83.1 Å². The number of rotatable bonds is 5. The van der Waals surface area contributed by atoms with Gasteiger partial charge in [-0.1, -0.05) is 106 Å². The molecule has 2 nitrogen and oxygen atoms in total. The van der Waals surface area contributed by atoms with E-state index in [0.717, 1.165) is 38.6 Å². The molecule has 45 heavy (non-hydrogen) atoms. The van der Waals surface area contributed by atoms with Gasteiger partial charge in [0, 0.05) is 30.7 Å². The number of nitrogens with zero attached hydrogens (tertiary/aromatic N) is 1. The van der Waals surface area contributed by atoms with Crippen LogP contribution in [0.5, 0.6) is 0 Å². The number of aryl methyl sites for hydroxylation is 1. The van der Waals surface area contributed by atoms with Crippen molar-refractivity contribution in [1.29, 1.82) is 0 Å². The first-order chi connectivity index (χ1) is 23.1. The third-order valence-corrected chi connectivity index (χ3v) is 10.3. The van der Waals surface area contributed by atoms with E-state index in [1.54, 1.807) is 17.4 Å². The van der Waals surface area contributed by atoms with Crippen LogP contribution in [0.3, 0.4) is 0 Å². The Hall–Kier alpha value is -4.73. The monoisotopic (exact) mass is 604 g/mol. The molecule has 0 saturated heterocycles. The molecule has 220 valence electrons. The Labute approximate surface area is 272 Å². The maximum absolute atomic E-state index is 7.94. The van der Waals surface area contributed by atoms with Crippen LogP contribution in [-0.2, 0) is 0 Å². The summed E-state index contributed by atoms with van der Waals surface area (Å²) < 4.78 is 28.7. The van der Waals surface area contributed by atoms with Crippen molar-refractivity contribution in [2.75, 3.05) is 0 Å². The number of aromatic nitrogens is 2. The Bertz CT molecular complexity index is 2470. The number of imidazole rings is 1. The number of hydrogen-bond acceptors (Lipinski definition) is 1. The van der Waals surface area contributed by atoms with Gasteiger partial charge in [0.15, 0.2) is 11.0 Å². The van der Waals surface area contributed by atoms with E-state index in [2.05, 4.69) is 134 Å². The van der Waals surface area contributed by atoms with Crippen LogP contribution in [0.15, 0.2) is 115 Å². The van der Waals surface area contributed by atoms with Crippen molar-refractivity contribution < 1.29 is 8.68 Å². The van der Waals surface area contributed by atoms with E-state index in [-0.39, 0.29) is 0 Å². The fraction of sp³-hybridized carbons (Fsp3) is 0.167. The summed E-state index contributed by atoms with van der Waals surface area (Å²) >= 11 is 1.80. The molecule has 0 saturated carbocycles. The molecule has 0 aliphatic heterocycles. The standard InChI is InChI=1S/C42H36N2S/c1-25(2)34-21-31(28-12-7-6-8-13-28)22-35(26(3)4)40(34)44-38-17-10-9-16-37(38)43-42(44)33-15-11-14-32-36-23-30-20-27(5)18-19-29(30)24-39(36)45-41(32)33/h6-26H,1-5H3/p+1/i5D3. The highest BCUT2D eigenvalue weighted by Crippen LogP contribution is 2.42. The van der Waals surface area contributed by atoms with Crippen molar-refractivity contribution in [3.63, 3.8) is 0 Å². The van der Waals surface area contributed by atoms with Gasteiger partial charge in [-0.15, -0.1) is 11.3 Å². The molecule has 6 aromatic carbocycles. The van der Waals surface area contributed by atoms with Crippen molar-refractivity contribution in [3.8, 4) is 28.2 Å². The summed E-state index contributed by atoms with van der Waals surface area (Å²) in [6.45, 7) is 7.03. The summed E-state index contributed by atoms with van der Waals surface area (Å²) in [6, 6.07) is 40.5. The molecule has 0 amide bonds. The maximum Gasteiger partial charge on any atom is 0.294 e. The average Bonchev–Trinajstić information content (AvgIpc) is 3.64. The van der Waals surface area contributed by atoms with E-state index in [0.29, 0.717) is 17.4 Å². The van der Waals surface area contributed by atoms with Crippen molar-refractivity contribution in [3.05, 3.63) is 132 Å². The normalized spacial score (nSPS) is 13.3. The molecule has 0 aliphatic rings. The smallest absolute Gasteiger partial charge is 0.236 e. The number of benzene rings is 6. The maximum atomic E-state index is 7.94. The second kappa shape index (κ2) is 10.7. The van der Waals surface area contributed by atoms with Crippen molar-refractivity contribution >= 4 is 53.3 Å². The van der Waals surface area contributed by atoms with Gasteiger partial charge in [0.1, 0.15) is 5.69 Å². The van der Waals surface area contributed by atoms with E-state index < -0.39 is 6.85 Å². The predicted octanol–water partition coefficient (Wildman–Crippen LogP) is 11.9. The highest BCUT2D eigenvalue weighted by atomic mass is 32.1. The van der Waals surface area contributed by atoms with E-state index in [9.17, 15) is 0 Å². The van der Waals surface area contributed by atoms with Crippen LogP contribution < -0.4 is 4.57 Å². The SMILES string of the molecule is [2H]C([2H])([2H])c1ccc2cc3sc4c(-c5[nH]c6ccccc6[n+]5-c5c(C(C)C)cc(-c6ccccc6)cc5C(C)C)cccc4c3cc2c1. The van der Waals surface area contributed by atoms with Crippen LogP contribution in [0.2, 0.25) is 0 Å². The number of fused-ring (bicyclic) bond motifs is 5. The van der Waals surface area contributed by atoms with Gasteiger partial charge in [0.2, 0.25) is 0 Å². The molecule has 3 heteroatoms. The van der Waals surface area contributed by atoms with Crippen LogP contribution >= 0.6 is 11.3 Å². The lowest BCUT2D eigenvalue weighted by atomic mass is 9.88. The molecule has 0 atom stereocenters. The summed E-state index contributed by atoms with van der Waals surface area (Å²) in [7, 11) is 0. The molecule has 0 fully saturated rings. The summed E-state index contributed by atoms with van der Waals surface area (Å²) in [5, 5.41) is 4.31. The first-order valence-electron chi connectivity index (χ1n) is 17.2. The van der Waals surface area contributed by atoms with Gasteiger partial charge in [-0.2, -0.15) is 4.57 Å². The van der Waals surface area contributed by atoms with Gasteiger partial charge >= 0.3 is 0 Å². The fourth-order valence-electron chi connectivity index (χ4n) is 6.84. The topological polar surface area (TPSA) is 19.7 Å². The van der Waals surface area contributed by atoms with Crippen molar-refractivity contribution in [1.82, 2.24) is 4.98 Å². The van der Waals surface area contributed by atoms with Gasteiger partial charge in [0.05, 0.1) is 10.3 Å². The summed E-state index contributed by atoms with van der Waals surface area (Å²) in [6.07, 6.45) is 0. The first-order valence-corrected chi connectivity index (χ1v) is 16.6. The number of hydrogen-bond donors (Lipinski definition) is 1. The van der Waals surface area contributed by atoms with Crippen LogP contribution in [0.25, 0.3) is 70.2 Å². The van der Waals surface area contributed by atoms with Gasteiger partial charge < -0.3 is 0 Å². The van der Waals surface area contributed by atoms with Crippen LogP contribution in [-0.4, -0.2) is 4.98 Å². The van der Waals surface area contributed by atoms with Crippen LogP contribution in [0.1, 0.15) is 60.3 Å². The Kier molecular flexibility index (Phi) is 5.85. The minimum Gasteiger partial charge on any atom is -0.236 e. The highest BCUT2D eigenvalue weighted by Gasteiger charge is 2.30. The Morgan fingerprint density at radius 1 is 0.667 bits per heavy atom. The first kappa shape index (κ1) is 24.6. The van der Waals surface area contributed by atoms with Gasteiger partial charge in [0.25, 0.3) is 5.82 Å². The largest absolute Gasteiger partial charge is 0.294 e. The van der Waals surface area contributed by atoms with E-state index in [4.69, 9.17) is 4.11 Å². The molecule has 8 rings (SSSR count). The molecule has 2 heterocycles. The van der Waals surface area contributed by atoms with Crippen molar-refractivity contribution in [2.24, 2.45) is 0 Å². The number of aromatic amines is 1. The lowest BCUT2D eigenvalue weighted by Crippen LogP contribution is -2.35. The average molecular weight is 605 g/mol. The number of nitrogens with one attached hydrogen (secondary N) is 1. The third-order valence-electron chi connectivity index (χ3n) is 9.08. The minimum atomic E-state index is -2.14. The molecule has 0 unspecified atom stereocenters. The highest BCUT2D eigenvalue weighted by molar-refractivity contribution is 7.26. The summed E-state index contributed by atoms with van der Waals surface area (Å²) in [5.74, 6) is 1.64. The molecular formula is C42H37N2S+. The number of thiophene rings is 1. The molecule has 2 aromatic heterocycles. The zero-order chi connectivity index (χ0) is 33.3. The molecule has 8 aromatic rings. The molecular weight excluding hydrogens is 565 g/mol. The van der Waals surface area contributed by atoms with E-state index in [1.165, 1.54) is 42.7 Å². The zero-order valence-electron chi connectivity index (χ0n) is 29.0. The summed E-state index contributed by atoms with van der Waals surface area (Å²) in [4.78, 5) is 3.86. The fourth-order valence-corrected chi connectivity index (χ4v) is 8.09. The third kappa shape index (κ3) is 4.57. The second-order valence-electron chi connectivity index (χ2n) is 12.7. The Morgan fingerprint density at radius 2 is 1.42 bits per heavy atom. The molecule has 1 N–H and O–H groups in total. The van der Waals surface area contributed by atoms with E-state index in [1.807, 2.05) is 12.1 Å². The minimum absolute atomic E-state index is 0.294. The molecule has 0 aliphatic carbocycles. The van der Waals surface area contributed by atoms with Gasteiger partial charge in [-0.3, -0.25) is 0 Å². The Morgan fingerprint density at radius 3 is 2.18 bits per heavy atom. The number of para-hydroxylation sites is 2. The van der Waals surface area contributed by atoms with Crippen LogP contribution in [0.4, 0.5) is 0 Å². The second-order valence-corrected chi connectivity index (χ2v) is 13.8. The predicted molar refractivity (Wildman–Crippen MR) is 194 cm³/mol. The Balaban J connectivity index is 1.42. The summed E-state index contributed by atoms with van der Waals surface area (Å²) in [5.41, 5.74) is 10.1. The van der Waals surface area contributed by atoms with Crippen molar-refractivity contribution in [2.45, 2.75) is 46.4 Å². The van der Waals surface area contributed by atoms with E-state index >= 15 is 0 Å². The van der Waals surface area contributed by atoms with Crippen LogP contribution in [0, 0.1) is 6.85 Å². The molecule has 0 spiro atoms. The van der Waals surface area contributed by atoms with Gasteiger partial charge in [-0.25, -0.2) is 4.98 Å².